The molecule has 154 valence electrons. The maximum absolute atomic E-state index is 12.0. The molecular weight excluding hydrogens is 356 g/mol. The molecule has 1 aromatic rings. The minimum absolute atomic E-state index is 0.277. The van der Waals surface area contributed by atoms with Gasteiger partial charge in [-0.2, -0.15) is 0 Å². The Hall–Kier alpha value is -2.44. The first-order valence-electron chi connectivity index (χ1n) is 10.5. The van der Waals surface area contributed by atoms with Gasteiger partial charge in [0.1, 0.15) is 0 Å². The zero-order chi connectivity index (χ0) is 19.8. The van der Waals surface area contributed by atoms with E-state index in [1.807, 2.05) is 30.0 Å². The molecule has 1 atom stereocenters. The van der Waals surface area contributed by atoms with Gasteiger partial charge in [-0.1, -0.05) is 6.92 Å². The van der Waals surface area contributed by atoms with Crippen LogP contribution in [0.5, 0.6) is 11.5 Å². The van der Waals surface area contributed by atoms with Crippen molar-refractivity contribution < 1.29 is 14.3 Å². The van der Waals surface area contributed by atoms with Gasteiger partial charge in [-0.05, 0) is 38.3 Å². The second-order valence-corrected chi connectivity index (χ2v) is 7.14. The summed E-state index contributed by atoms with van der Waals surface area (Å²) < 4.78 is 11.4. The SMILES string of the molecule is CCNC(=NCCC(CC)N1CCCC1=O)Nc1ccc2c(c1)OCCCO2. The predicted octanol–water partition coefficient (Wildman–Crippen LogP) is 3.02. The van der Waals surface area contributed by atoms with Gasteiger partial charge in [0.25, 0.3) is 0 Å². The smallest absolute Gasteiger partial charge is 0.222 e. The molecule has 0 aromatic heterocycles. The van der Waals surface area contributed by atoms with E-state index in [2.05, 4.69) is 17.6 Å². The largest absolute Gasteiger partial charge is 0.490 e. The van der Waals surface area contributed by atoms with Crippen LogP contribution in [0.3, 0.4) is 0 Å². The summed E-state index contributed by atoms with van der Waals surface area (Å²) in [4.78, 5) is 18.7. The summed E-state index contributed by atoms with van der Waals surface area (Å²) in [5, 5.41) is 6.62. The highest BCUT2D eigenvalue weighted by Crippen LogP contribution is 2.32. The Kier molecular flexibility index (Phi) is 7.39. The Balaban J connectivity index is 1.61. The molecule has 2 aliphatic rings. The third-order valence-electron chi connectivity index (χ3n) is 5.11. The van der Waals surface area contributed by atoms with Crippen LogP contribution in [0.4, 0.5) is 5.69 Å². The number of anilines is 1. The predicted molar refractivity (Wildman–Crippen MR) is 111 cm³/mol. The number of ether oxygens (including phenoxy) is 2. The van der Waals surface area contributed by atoms with Crippen molar-refractivity contribution in [2.75, 3.05) is 38.2 Å². The number of likely N-dealkylation sites (tertiary alicyclic amines) is 1. The number of nitrogens with one attached hydrogen (secondary N) is 2. The molecule has 0 aliphatic carbocycles. The van der Waals surface area contributed by atoms with Gasteiger partial charge >= 0.3 is 0 Å². The van der Waals surface area contributed by atoms with E-state index in [0.29, 0.717) is 26.2 Å². The average molecular weight is 389 g/mol. The number of benzene rings is 1. The lowest BCUT2D eigenvalue weighted by molar-refractivity contribution is -0.129. The van der Waals surface area contributed by atoms with Crippen molar-refractivity contribution in [1.82, 2.24) is 10.2 Å². The van der Waals surface area contributed by atoms with Crippen LogP contribution in [0.2, 0.25) is 0 Å². The Morgan fingerprint density at radius 2 is 2.04 bits per heavy atom. The van der Waals surface area contributed by atoms with Crippen LogP contribution in [0, 0.1) is 0 Å². The Morgan fingerprint density at radius 1 is 1.21 bits per heavy atom. The topological polar surface area (TPSA) is 75.2 Å². The van der Waals surface area contributed by atoms with E-state index in [9.17, 15) is 4.79 Å². The highest BCUT2D eigenvalue weighted by molar-refractivity contribution is 5.93. The minimum atomic E-state index is 0.277. The molecule has 0 spiro atoms. The quantitative estimate of drug-likeness (QED) is 0.555. The first-order chi connectivity index (χ1) is 13.7. The number of fused-ring (bicyclic) bond motifs is 1. The van der Waals surface area contributed by atoms with Gasteiger partial charge in [0.2, 0.25) is 5.91 Å². The lowest BCUT2D eigenvalue weighted by atomic mass is 10.1. The maximum atomic E-state index is 12.0. The van der Waals surface area contributed by atoms with Gasteiger partial charge in [-0.25, -0.2) is 0 Å². The Bertz CT molecular complexity index is 692. The highest BCUT2D eigenvalue weighted by Gasteiger charge is 2.26. The molecule has 7 nitrogen and oxygen atoms in total. The van der Waals surface area contributed by atoms with Crippen LogP contribution in [-0.4, -0.2) is 55.7 Å². The van der Waals surface area contributed by atoms with Crippen molar-refractivity contribution in [2.24, 2.45) is 4.99 Å². The number of hydrogen-bond acceptors (Lipinski definition) is 4. The number of amides is 1. The van der Waals surface area contributed by atoms with Crippen molar-refractivity contribution in [3.63, 3.8) is 0 Å². The summed E-state index contributed by atoms with van der Waals surface area (Å²) in [6, 6.07) is 6.13. The van der Waals surface area contributed by atoms with Crippen molar-refractivity contribution in [3.8, 4) is 11.5 Å². The summed E-state index contributed by atoms with van der Waals surface area (Å²) in [6.07, 6.45) is 4.40. The number of hydrogen-bond donors (Lipinski definition) is 2. The number of rotatable bonds is 7. The van der Waals surface area contributed by atoms with Gasteiger partial charge < -0.3 is 25.0 Å². The molecule has 1 fully saturated rings. The van der Waals surface area contributed by atoms with Gasteiger partial charge in [0.15, 0.2) is 17.5 Å². The molecule has 28 heavy (non-hydrogen) atoms. The molecule has 0 bridgehead atoms. The third-order valence-corrected chi connectivity index (χ3v) is 5.11. The van der Waals surface area contributed by atoms with Crippen LogP contribution < -0.4 is 20.1 Å². The van der Waals surface area contributed by atoms with E-state index in [0.717, 1.165) is 61.9 Å². The Morgan fingerprint density at radius 3 is 2.75 bits per heavy atom. The van der Waals surface area contributed by atoms with E-state index < -0.39 is 0 Å². The van der Waals surface area contributed by atoms with E-state index in [-0.39, 0.29) is 11.9 Å². The highest BCUT2D eigenvalue weighted by atomic mass is 16.5. The van der Waals surface area contributed by atoms with E-state index in [1.165, 1.54) is 0 Å². The second kappa shape index (κ2) is 10.2. The van der Waals surface area contributed by atoms with E-state index >= 15 is 0 Å². The summed E-state index contributed by atoms with van der Waals surface area (Å²) >= 11 is 0. The normalized spacial score (nSPS) is 18.0. The van der Waals surface area contributed by atoms with E-state index in [1.54, 1.807) is 0 Å². The van der Waals surface area contributed by atoms with Crippen LogP contribution in [0.15, 0.2) is 23.2 Å². The van der Waals surface area contributed by atoms with Gasteiger partial charge in [0, 0.05) is 50.3 Å². The number of carbonyl (C=O) groups is 1. The molecule has 2 heterocycles. The molecule has 2 N–H and O–H groups in total. The summed E-state index contributed by atoms with van der Waals surface area (Å²) in [6.45, 7) is 7.86. The van der Waals surface area contributed by atoms with Crippen LogP contribution >= 0.6 is 0 Å². The number of aliphatic imine (C=N–C) groups is 1. The fourth-order valence-electron chi connectivity index (χ4n) is 3.65. The molecule has 0 saturated carbocycles. The van der Waals surface area contributed by atoms with Gasteiger partial charge in [-0.3, -0.25) is 9.79 Å². The molecule has 3 rings (SSSR count). The fraction of sp³-hybridized carbons (Fsp3) is 0.619. The molecular formula is C21H32N4O3. The maximum Gasteiger partial charge on any atom is 0.222 e. The molecule has 0 radical (unpaired) electrons. The zero-order valence-electron chi connectivity index (χ0n) is 17.0. The van der Waals surface area contributed by atoms with Crippen LogP contribution in [-0.2, 0) is 4.79 Å². The van der Waals surface area contributed by atoms with Crippen molar-refractivity contribution in [1.29, 1.82) is 0 Å². The first-order valence-corrected chi connectivity index (χ1v) is 10.5. The first kappa shape index (κ1) is 20.3. The Labute approximate surface area is 167 Å². The molecule has 2 aliphatic heterocycles. The number of carbonyl (C=O) groups excluding carboxylic acids is 1. The standard InChI is InChI=1S/C21H32N4O3/c1-3-17(25-12-5-7-20(25)26)10-11-23-21(22-4-2)24-16-8-9-18-19(15-16)28-14-6-13-27-18/h8-9,15,17H,3-7,10-14H2,1-2H3,(H2,22,23,24). The molecule has 1 amide bonds. The van der Waals surface area contributed by atoms with Crippen molar-refractivity contribution >= 4 is 17.6 Å². The van der Waals surface area contributed by atoms with Gasteiger partial charge in [-0.15, -0.1) is 0 Å². The zero-order valence-corrected chi connectivity index (χ0v) is 17.0. The summed E-state index contributed by atoms with van der Waals surface area (Å²) in [5.41, 5.74) is 0.908. The van der Waals surface area contributed by atoms with Crippen molar-refractivity contribution in [2.45, 2.75) is 52.0 Å². The van der Waals surface area contributed by atoms with Gasteiger partial charge in [0.05, 0.1) is 13.2 Å². The lowest BCUT2D eigenvalue weighted by Gasteiger charge is -2.26. The average Bonchev–Trinajstić information content (AvgIpc) is 2.98. The van der Waals surface area contributed by atoms with Crippen molar-refractivity contribution in [3.05, 3.63) is 18.2 Å². The number of nitrogens with zero attached hydrogens (tertiary/aromatic N) is 2. The monoisotopic (exact) mass is 388 g/mol. The molecule has 1 saturated heterocycles. The lowest BCUT2D eigenvalue weighted by Crippen LogP contribution is -2.36. The third kappa shape index (κ3) is 5.30. The summed E-state index contributed by atoms with van der Waals surface area (Å²) in [7, 11) is 0. The summed E-state index contributed by atoms with van der Waals surface area (Å²) in [5.74, 6) is 2.57. The molecule has 7 heteroatoms. The van der Waals surface area contributed by atoms with Crippen LogP contribution in [0.1, 0.15) is 46.0 Å². The molecule has 1 unspecified atom stereocenters. The second-order valence-electron chi connectivity index (χ2n) is 7.14. The number of guanidine groups is 1. The fourth-order valence-corrected chi connectivity index (χ4v) is 3.65. The van der Waals surface area contributed by atoms with Crippen LogP contribution in [0.25, 0.3) is 0 Å². The van der Waals surface area contributed by atoms with E-state index in [4.69, 9.17) is 14.5 Å². The minimum Gasteiger partial charge on any atom is -0.490 e. The molecule has 1 aromatic carbocycles.